The first-order valence-electron chi connectivity index (χ1n) is 11.4. The summed E-state index contributed by atoms with van der Waals surface area (Å²) in [6.07, 6.45) is 5.11. The maximum absolute atomic E-state index is 12.3. The number of aromatic carboxylic acids is 1. The van der Waals surface area contributed by atoms with Crippen molar-refractivity contribution in [2.24, 2.45) is 0 Å². The highest BCUT2D eigenvalue weighted by Crippen LogP contribution is 2.47. The average Bonchev–Trinajstić information content (AvgIpc) is 3.16. The molecule has 0 saturated carbocycles. The SMILES string of the molecule is CCCNc1ccc(N2C(c3ccccc3OCc3ccccc3)C=CC2(C)Br)c(C(=O)O)c1. The highest BCUT2D eigenvalue weighted by atomic mass is 79.9. The molecule has 2 N–H and O–H groups in total. The Kier molecular flexibility index (Phi) is 7.27. The van der Waals surface area contributed by atoms with Crippen LogP contribution in [0.25, 0.3) is 0 Å². The Labute approximate surface area is 209 Å². The quantitative estimate of drug-likeness (QED) is 0.180. The standard InChI is InChI=1S/C28H29BrN2O3/c1-3-17-30-21-13-14-24(23(18-21)27(32)33)31-25(15-16-28(31,2)29)22-11-7-8-12-26(22)34-19-20-9-5-4-6-10-20/h4-16,18,25,30H,3,17,19H2,1-2H3,(H,32,33). The van der Waals surface area contributed by atoms with Crippen LogP contribution in [-0.4, -0.2) is 22.1 Å². The number of nitrogens with zero attached hydrogens (tertiary/aromatic N) is 1. The molecule has 0 radical (unpaired) electrons. The number of para-hydroxylation sites is 1. The van der Waals surface area contributed by atoms with Gasteiger partial charge in [-0.3, -0.25) is 0 Å². The molecule has 0 fully saturated rings. The van der Waals surface area contributed by atoms with Crippen molar-refractivity contribution in [2.75, 3.05) is 16.8 Å². The third-order valence-corrected chi connectivity index (χ3v) is 6.52. The molecule has 2 atom stereocenters. The third kappa shape index (κ3) is 5.12. The molecule has 0 amide bonds. The molecule has 6 heteroatoms. The smallest absolute Gasteiger partial charge is 0.337 e. The van der Waals surface area contributed by atoms with E-state index in [4.69, 9.17) is 4.74 Å². The summed E-state index contributed by atoms with van der Waals surface area (Å²) in [6.45, 7) is 5.34. The largest absolute Gasteiger partial charge is 0.489 e. The lowest BCUT2D eigenvalue weighted by Crippen LogP contribution is -2.39. The lowest BCUT2D eigenvalue weighted by atomic mass is 10.0. The molecule has 0 aliphatic carbocycles. The number of carboxylic acids is 1. The molecule has 4 rings (SSSR count). The zero-order valence-corrected chi connectivity index (χ0v) is 21.0. The fraction of sp³-hybridized carbons (Fsp3) is 0.250. The second-order valence-electron chi connectivity index (χ2n) is 8.47. The van der Waals surface area contributed by atoms with Crippen molar-refractivity contribution in [3.63, 3.8) is 0 Å². The van der Waals surface area contributed by atoms with Crippen LogP contribution in [0.15, 0.2) is 84.9 Å². The van der Waals surface area contributed by atoms with E-state index in [1.54, 1.807) is 6.07 Å². The Morgan fingerprint density at radius 2 is 1.85 bits per heavy atom. The average molecular weight is 521 g/mol. The Balaban J connectivity index is 1.70. The molecule has 1 heterocycles. The van der Waals surface area contributed by atoms with E-state index in [1.165, 1.54) is 0 Å². The normalized spacial score (nSPS) is 19.3. The Hall–Kier alpha value is -3.25. The van der Waals surface area contributed by atoms with Crippen LogP contribution >= 0.6 is 15.9 Å². The van der Waals surface area contributed by atoms with Gasteiger partial charge in [0.05, 0.1) is 17.3 Å². The maximum Gasteiger partial charge on any atom is 0.337 e. The molecule has 1 aliphatic rings. The maximum atomic E-state index is 12.3. The van der Waals surface area contributed by atoms with Crippen LogP contribution in [0.3, 0.4) is 0 Å². The summed E-state index contributed by atoms with van der Waals surface area (Å²) in [5.74, 6) is -0.188. The minimum Gasteiger partial charge on any atom is -0.489 e. The molecule has 2 unspecified atom stereocenters. The van der Waals surface area contributed by atoms with E-state index in [1.807, 2.05) is 73.7 Å². The van der Waals surface area contributed by atoms with Crippen LogP contribution in [-0.2, 0) is 6.61 Å². The van der Waals surface area contributed by atoms with Gasteiger partial charge in [-0.05, 0) is 43.2 Å². The molecular weight excluding hydrogens is 492 g/mol. The van der Waals surface area contributed by atoms with Crippen molar-refractivity contribution in [1.82, 2.24) is 0 Å². The number of hydrogen-bond acceptors (Lipinski definition) is 4. The number of carboxylic acid groups (broad SMARTS) is 1. The van der Waals surface area contributed by atoms with E-state index in [0.29, 0.717) is 12.3 Å². The van der Waals surface area contributed by atoms with Gasteiger partial charge < -0.3 is 20.1 Å². The lowest BCUT2D eigenvalue weighted by Gasteiger charge is -2.38. The van der Waals surface area contributed by atoms with Gasteiger partial charge in [0.25, 0.3) is 0 Å². The number of alkyl halides is 1. The molecule has 5 nitrogen and oxygen atoms in total. The van der Waals surface area contributed by atoms with Gasteiger partial charge >= 0.3 is 5.97 Å². The summed E-state index contributed by atoms with van der Waals surface area (Å²) >= 11 is 3.82. The summed E-state index contributed by atoms with van der Waals surface area (Å²) in [5, 5.41) is 13.3. The number of anilines is 2. The first-order valence-corrected chi connectivity index (χ1v) is 12.2. The molecule has 0 saturated heterocycles. The van der Waals surface area contributed by atoms with Crippen molar-refractivity contribution in [1.29, 1.82) is 0 Å². The van der Waals surface area contributed by atoms with Crippen LogP contribution in [0.1, 0.15) is 47.8 Å². The monoisotopic (exact) mass is 520 g/mol. The predicted octanol–water partition coefficient (Wildman–Crippen LogP) is 7.01. The highest BCUT2D eigenvalue weighted by Gasteiger charge is 2.40. The van der Waals surface area contributed by atoms with Crippen LogP contribution < -0.4 is 15.0 Å². The molecule has 3 aromatic carbocycles. The number of halogens is 1. The van der Waals surface area contributed by atoms with Crippen LogP contribution in [0.4, 0.5) is 11.4 Å². The number of nitrogens with one attached hydrogen (secondary N) is 1. The zero-order valence-electron chi connectivity index (χ0n) is 19.4. The molecule has 176 valence electrons. The zero-order chi connectivity index (χ0) is 24.1. The van der Waals surface area contributed by atoms with Gasteiger partial charge in [0.2, 0.25) is 0 Å². The van der Waals surface area contributed by atoms with Gasteiger partial charge in [0.1, 0.15) is 16.8 Å². The molecule has 0 spiro atoms. The number of carbonyl (C=O) groups is 1. The van der Waals surface area contributed by atoms with Crippen LogP contribution in [0.5, 0.6) is 5.75 Å². The first kappa shape index (κ1) is 23.9. The lowest BCUT2D eigenvalue weighted by molar-refractivity contribution is 0.0697. The Bertz CT molecular complexity index is 1180. The van der Waals surface area contributed by atoms with Gasteiger partial charge in [-0.2, -0.15) is 0 Å². The molecule has 0 bridgehead atoms. The van der Waals surface area contributed by atoms with Gasteiger partial charge in [-0.1, -0.05) is 83.5 Å². The number of ether oxygens (including phenoxy) is 1. The highest BCUT2D eigenvalue weighted by molar-refractivity contribution is 9.10. The molecule has 1 aliphatic heterocycles. The van der Waals surface area contributed by atoms with E-state index < -0.39 is 10.4 Å². The van der Waals surface area contributed by atoms with Gasteiger partial charge in [0.15, 0.2) is 0 Å². The summed E-state index contributed by atoms with van der Waals surface area (Å²) in [5.41, 5.74) is 3.76. The van der Waals surface area contributed by atoms with E-state index in [9.17, 15) is 9.90 Å². The topological polar surface area (TPSA) is 61.8 Å². The summed E-state index contributed by atoms with van der Waals surface area (Å²) < 4.78 is 5.66. The van der Waals surface area contributed by atoms with Crippen molar-refractivity contribution in [2.45, 2.75) is 37.4 Å². The molecule has 0 aromatic heterocycles. The van der Waals surface area contributed by atoms with Gasteiger partial charge in [0, 0.05) is 17.8 Å². The Morgan fingerprint density at radius 3 is 2.59 bits per heavy atom. The van der Waals surface area contributed by atoms with E-state index in [2.05, 4.69) is 45.2 Å². The van der Waals surface area contributed by atoms with Gasteiger partial charge in [-0.25, -0.2) is 4.79 Å². The van der Waals surface area contributed by atoms with Crippen molar-refractivity contribution in [3.8, 4) is 5.75 Å². The number of rotatable bonds is 9. The minimum atomic E-state index is -0.960. The second-order valence-corrected chi connectivity index (χ2v) is 10.1. The first-order chi connectivity index (χ1) is 16.4. The Morgan fingerprint density at radius 1 is 1.12 bits per heavy atom. The van der Waals surface area contributed by atoms with Crippen LogP contribution in [0.2, 0.25) is 0 Å². The fourth-order valence-corrected chi connectivity index (χ4v) is 4.79. The third-order valence-electron chi connectivity index (χ3n) is 5.87. The molecule has 3 aromatic rings. The predicted molar refractivity (Wildman–Crippen MR) is 141 cm³/mol. The summed E-state index contributed by atoms with van der Waals surface area (Å²) in [6, 6.07) is 23.3. The van der Waals surface area contributed by atoms with Crippen LogP contribution in [0, 0.1) is 0 Å². The van der Waals surface area contributed by atoms with E-state index in [0.717, 1.165) is 35.5 Å². The van der Waals surface area contributed by atoms with Crippen molar-refractivity contribution < 1.29 is 14.6 Å². The van der Waals surface area contributed by atoms with E-state index in [-0.39, 0.29) is 11.6 Å². The van der Waals surface area contributed by atoms with Gasteiger partial charge in [-0.15, -0.1) is 0 Å². The minimum absolute atomic E-state index is 0.205. The second kappa shape index (κ2) is 10.3. The summed E-state index contributed by atoms with van der Waals surface area (Å²) in [7, 11) is 0. The number of hydrogen-bond donors (Lipinski definition) is 2. The fourth-order valence-electron chi connectivity index (χ4n) is 4.22. The molecule has 34 heavy (non-hydrogen) atoms. The molecular formula is C28H29BrN2O3. The number of benzene rings is 3. The van der Waals surface area contributed by atoms with E-state index >= 15 is 0 Å². The van der Waals surface area contributed by atoms with Crippen molar-refractivity contribution in [3.05, 3.63) is 102 Å². The van der Waals surface area contributed by atoms with Crippen molar-refractivity contribution >= 4 is 33.3 Å². The summed E-state index contributed by atoms with van der Waals surface area (Å²) in [4.78, 5) is 14.4.